The predicted octanol–water partition coefficient (Wildman–Crippen LogP) is 4.51. The Kier molecular flexibility index (Phi) is 8.24. The van der Waals surface area contributed by atoms with Crippen LogP contribution < -0.4 is 9.47 Å². The fourth-order valence-electron chi connectivity index (χ4n) is 5.00. The Morgan fingerprint density at radius 1 is 0.970 bits per heavy atom. The van der Waals surface area contributed by atoms with E-state index in [0.29, 0.717) is 18.2 Å². The SMILES string of the molecule is COc1ccc(CCOC2CCCCC2N2CC[C@@H](OC(=O)c3ccccc3)C2)cc1OC. The summed E-state index contributed by atoms with van der Waals surface area (Å²) in [6, 6.07) is 15.7. The molecule has 178 valence electrons. The zero-order chi connectivity index (χ0) is 23.0. The Labute approximate surface area is 196 Å². The molecule has 1 saturated carbocycles. The summed E-state index contributed by atoms with van der Waals surface area (Å²) in [6.45, 7) is 2.42. The van der Waals surface area contributed by atoms with E-state index in [1.54, 1.807) is 26.4 Å². The second kappa shape index (κ2) is 11.5. The number of carbonyl (C=O) groups is 1. The van der Waals surface area contributed by atoms with Gasteiger partial charge < -0.3 is 18.9 Å². The minimum atomic E-state index is -0.228. The summed E-state index contributed by atoms with van der Waals surface area (Å²) in [7, 11) is 3.31. The van der Waals surface area contributed by atoms with Crippen LogP contribution >= 0.6 is 0 Å². The zero-order valence-electron chi connectivity index (χ0n) is 19.7. The molecule has 0 N–H and O–H groups in total. The number of benzene rings is 2. The monoisotopic (exact) mass is 453 g/mol. The van der Waals surface area contributed by atoms with Gasteiger partial charge in [0.2, 0.25) is 0 Å². The molecule has 6 heteroatoms. The lowest BCUT2D eigenvalue weighted by atomic mass is 9.91. The maximum atomic E-state index is 12.4. The van der Waals surface area contributed by atoms with Gasteiger partial charge in [-0.2, -0.15) is 0 Å². The molecule has 2 unspecified atom stereocenters. The molecule has 2 aromatic carbocycles. The highest BCUT2D eigenvalue weighted by atomic mass is 16.5. The Morgan fingerprint density at radius 2 is 1.76 bits per heavy atom. The van der Waals surface area contributed by atoms with Crippen LogP contribution in [-0.4, -0.2) is 63.0 Å². The smallest absolute Gasteiger partial charge is 0.338 e. The van der Waals surface area contributed by atoms with Gasteiger partial charge in [0.05, 0.1) is 32.5 Å². The largest absolute Gasteiger partial charge is 0.493 e. The number of ether oxygens (including phenoxy) is 4. The van der Waals surface area contributed by atoms with Crippen molar-refractivity contribution in [3.8, 4) is 11.5 Å². The van der Waals surface area contributed by atoms with Gasteiger partial charge in [-0.05, 0) is 55.5 Å². The zero-order valence-corrected chi connectivity index (χ0v) is 19.7. The molecule has 1 saturated heterocycles. The van der Waals surface area contributed by atoms with Crippen molar-refractivity contribution in [1.82, 2.24) is 4.90 Å². The molecule has 0 radical (unpaired) electrons. The molecule has 0 aromatic heterocycles. The normalized spacial score (nSPS) is 23.3. The van der Waals surface area contributed by atoms with Crippen molar-refractivity contribution in [2.24, 2.45) is 0 Å². The molecule has 1 aliphatic carbocycles. The lowest BCUT2D eigenvalue weighted by Gasteiger charge is -2.37. The Balaban J connectivity index is 1.28. The van der Waals surface area contributed by atoms with Crippen molar-refractivity contribution in [1.29, 1.82) is 0 Å². The van der Waals surface area contributed by atoms with Gasteiger partial charge >= 0.3 is 5.97 Å². The molecule has 6 nitrogen and oxygen atoms in total. The first-order valence-corrected chi connectivity index (χ1v) is 12.0. The van der Waals surface area contributed by atoms with Crippen molar-refractivity contribution < 1.29 is 23.7 Å². The molecular formula is C27H35NO5. The summed E-state index contributed by atoms with van der Waals surface area (Å²) < 4.78 is 22.9. The maximum Gasteiger partial charge on any atom is 0.338 e. The van der Waals surface area contributed by atoms with E-state index >= 15 is 0 Å². The van der Waals surface area contributed by atoms with Crippen molar-refractivity contribution in [3.63, 3.8) is 0 Å². The second-order valence-electron chi connectivity index (χ2n) is 8.88. The summed E-state index contributed by atoms with van der Waals surface area (Å²) in [5.74, 6) is 1.26. The predicted molar refractivity (Wildman–Crippen MR) is 127 cm³/mol. The van der Waals surface area contributed by atoms with Crippen LogP contribution in [0, 0.1) is 0 Å². The molecule has 0 spiro atoms. The summed E-state index contributed by atoms with van der Waals surface area (Å²) >= 11 is 0. The van der Waals surface area contributed by atoms with E-state index < -0.39 is 0 Å². The van der Waals surface area contributed by atoms with Gasteiger partial charge in [0.15, 0.2) is 11.5 Å². The first-order valence-electron chi connectivity index (χ1n) is 12.0. The van der Waals surface area contributed by atoms with Gasteiger partial charge in [-0.15, -0.1) is 0 Å². The Morgan fingerprint density at radius 3 is 2.55 bits per heavy atom. The van der Waals surface area contributed by atoms with Crippen molar-refractivity contribution in [2.45, 2.75) is 56.8 Å². The molecule has 3 atom stereocenters. The summed E-state index contributed by atoms with van der Waals surface area (Å²) in [5.41, 5.74) is 1.79. The minimum Gasteiger partial charge on any atom is -0.493 e. The van der Waals surface area contributed by atoms with E-state index in [0.717, 1.165) is 50.3 Å². The van der Waals surface area contributed by atoms with Crippen LogP contribution in [0.4, 0.5) is 0 Å². The summed E-state index contributed by atoms with van der Waals surface area (Å²) in [4.78, 5) is 14.9. The first kappa shape index (κ1) is 23.6. The topological polar surface area (TPSA) is 57.2 Å². The molecule has 2 fully saturated rings. The third-order valence-corrected chi connectivity index (χ3v) is 6.77. The maximum absolute atomic E-state index is 12.4. The highest BCUT2D eigenvalue weighted by Crippen LogP contribution is 2.30. The van der Waals surface area contributed by atoms with Crippen LogP contribution in [0.25, 0.3) is 0 Å². The van der Waals surface area contributed by atoms with E-state index in [1.165, 1.54) is 18.4 Å². The van der Waals surface area contributed by atoms with Crippen molar-refractivity contribution in [3.05, 3.63) is 59.7 Å². The number of rotatable bonds is 9. The van der Waals surface area contributed by atoms with Crippen LogP contribution in [0.3, 0.4) is 0 Å². The quantitative estimate of drug-likeness (QED) is 0.521. The van der Waals surface area contributed by atoms with E-state index in [4.69, 9.17) is 18.9 Å². The van der Waals surface area contributed by atoms with Gasteiger partial charge in [-0.3, -0.25) is 4.90 Å². The Bertz CT molecular complexity index is 903. The molecule has 0 bridgehead atoms. The average Bonchev–Trinajstić information content (AvgIpc) is 3.33. The molecule has 1 aliphatic heterocycles. The van der Waals surface area contributed by atoms with Crippen LogP contribution in [-0.2, 0) is 15.9 Å². The highest BCUT2D eigenvalue weighted by molar-refractivity contribution is 5.89. The number of esters is 1. The van der Waals surface area contributed by atoms with E-state index in [1.807, 2.05) is 30.3 Å². The molecule has 1 heterocycles. The average molecular weight is 454 g/mol. The minimum absolute atomic E-state index is 0.0490. The van der Waals surface area contributed by atoms with Gasteiger partial charge in [0.25, 0.3) is 0 Å². The van der Waals surface area contributed by atoms with Crippen LogP contribution in [0.1, 0.15) is 48.0 Å². The number of hydrogen-bond acceptors (Lipinski definition) is 6. The number of methoxy groups -OCH3 is 2. The lowest BCUT2D eigenvalue weighted by Crippen LogP contribution is -2.46. The van der Waals surface area contributed by atoms with Crippen LogP contribution in [0.2, 0.25) is 0 Å². The molecular weight excluding hydrogens is 418 g/mol. The van der Waals surface area contributed by atoms with Gasteiger partial charge in [0.1, 0.15) is 6.10 Å². The molecule has 2 aliphatic rings. The van der Waals surface area contributed by atoms with E-state index in [-0.39, 0.29) is 18.2 Å². The second-order valence-corrected chi connectivity index (χ2v) is 8.88. The number of hydrogen-bond donors (Lipinski definition) is 0. The number of likely N-dealkylation sites (tertiary alicyclic amines) is 1. The Hall–Kier alpha value is -2.57. The number of nitrogens with zero attached hydrogens (tertiary/aromatic N) is 1. The first-order chi connectivity index (χ1) is 16.2. The highest BCUT2D eigenvalue weighted by Gasteiger charge is 2.36. The summed E-state index contributed by atoms with van der Waals surface area (Å²) in [5, 5.41) is 0. The van der Waals surface area contributed by atoms with Crippen LogP contribution in [0.15, 0.2) is 48.5 Å². The van der Waals surface area contributed by atoms with Gasteiger partial charge in [-0.1, -0.05) is 37.1 Å². The summed E-state index contributed by atoms with van der Waals surface area (Å²) in [6.07, 6.45) is 6.55. The number of carbonyl (C=O) groups excluding carboxylic acids is 1. The molecule has 4 rings (SSSR count). The fraction of sp³-hybridized carbons (Fsp3) is 0.519. The van der Waals surface area contributed by atoms with E-state index in [9.17, 15) is 4.79 Å². The standard InChI is InChI=1S/C27H35NO5/c1-30-25-13-12-20(18-26(25)31-2)15-17-32-24-11-7-6-10-23(24)28-16-14-22(19-28)33-27(29)21-8-4-3-5-9-21/h3-5,8-9,12-13,18,22-24H,6-7,10-11,14-17,19H2,1-2H3/t22-,23?,24?/m1/s1. The van der Waals surface area contributed by atoms with Gasteiger partial charge in [0, 0.05) is 19.1 Å². The molecule has 2 aromatic rings. The lowest BCUT2D eigenvalue weighted by molar-refractivity contribution is -0.0327. The fourth-order valence-corrected chi connectivity index (χ4v) is 5.00. The molecule has 0 amide bonds. The van der Waals surface area contributed by atoms with E-state index in [2.05, 4.69) is 11.0 Å². The van der Waals surface area contributed by atoms with Crippen LogP contribution in [0.5, 0.6) is 11.5 Å². The van der Waals surface area contributed by atoms with Crippen molar-refractivity contribution >= 4 is 5.97 Å². The third kappa shape index (κ3) is 6.06. The van der Waals surface area contributed by atoms with Crippen molar-refractivity contribution in [2.75, 3.05) is 33.9 Å². The third-order valence-electron chi connectivity index (χ3n) is 6.77. The molecule has 33 heavy (non-hydrogen) atoms. The van der Waals surface area contributed by atoms with Gasteiger partial charge in [-0.25, -0.2) is 4.79 Å².